The fraction of sp³-hybridized carbons (Fsp3) is 0.593. The van der Waals surface area contributed by atoms with Crippen LogP contribution in [0.25, 0.3) is 0 Å². The fourth-order valence-electron chi connectivity index (χ4n) is 4.49. The van der Waals surface area contributed by atoms with Crippen molar-refractivity contribution in [1.82, 2.24) is 9.13 Å². The SMILES string of the molecule is COc1ccc(Cn2c(=O)cc(C#N)n([C@@H]3O[C@H](CO[Si](C)(C)C(C)(C)C)[C@H]4OC(C)(C)O[C@H]43)c2=O)cc1. The molecule has 4 atom stereocenters. The molecule has 11 heteroatoms. The number of nitrogens with zero attached hydrogens (tertiary/aromatic N) is 3. The highest BCUT2D eigenvalue weighted by Crippen LogP contribution is 2.44. The van der Waals surface area contributed by atoms with Crippen LogP contribution in [0.5, 0.6) is 5.75 Å². The average Bonchev–Trinajstić information content (AvgIpc) is 3.32. The lowest BCUT2D eigenvalue weighted by atomic mass is 10.1. The second-order valence-electron chi connectivity index (χ2n) is 11.8. The zero-order valence-corrected chi connectivity index (χ0v) is 24.3. The van der Waals surface area contributed by atoms with E-state index >= 15 is 0 Å². The van der Waals surface area contributed by atoms with Gasteiger partial charge in [0.2, 0.25) is 0 Å². The molecule has 38 heavy (non-hydrogen) atoms. The first-order valence-electron chi connectivity index (χ1n) is 12.7. The third kappa shape index (κ3) is 5.37. The number of aromatic nitrogens is 2. The zero-order valence-electron chi connectivity index (χ0n) is 23.3. The molecule has 0 unspecified atom stereocenters. The molecule has 4 rings (SSSR count). The third-order valence-electron chi connectivity index (χ3n) is 7.63. The van der Waals surface area contributed by atoms with E-state index in [1.54, 1.807) is 45.2 Å². The van der Waals surface area contributed by atoms with Crippen molar-refractivity contribution in [3.8, 4) is 11.8 Å². The molecule has 2 aliphatic rings. The number of benzene rings is 1. The minimum absolute atomic E-state index is 0.00141. The van der Waals surface area contributed by atoms with Gasteiger partial charge in [0, 0.05) is 6.07 Å². The Morgan fingerprint density at radius 1 is 1.11 bits per heavy atom. The summed E-state index contributed by atoms with van der Waals surface area (Å²) in [6.07, 6.45) is -2.68. The average molecular weight is 544 g/mol. The Hall–Kier alpha value is -2.75. The lowest BCUT2D eigenvalue weighted by Gasteiger charge is -2.37. The lowest BCUT2D eigenvalue weighted by Crippen LogP contribution is -2.45. The number of nitriles is 1. The van der Waals surface area contributed by atoms with Crippen molar-refractivity contribution in [2.75, 3.05) is 13.7 Å². The molecule has 0 aliphatic carbocycles. The number of fused-ring (bicyclic) bond motifs is 1. The quantitative estimate of drug-likeness (QED) is 0.489. The summed E-state index contributed by atoms with van der Waals surface area (Å²) >= 11 is 0. The Morgan fingerprint density at radius 3 is 2.32 bits per heavy atom. The van der Waals surface area contributed by atoms with Crippen molar-refractivity contribution < 1.29 is 23.4 Å². The molecule has 206 valence electrons. The summed E-state index contributed by atoms with van der Waals surface area (Å²) in [5.74, 6) is -0.253. The van der Waals surface area contributed by atoms with Crippen molar-refractivity contribution in [3.05, 3.63) is 62.4 Å². The molecular weight excluding hydrogens is 506 g/mol. The molecule has 1 aromatic heterocycles. The molecule has 2 aromatic rings. The normalized spacial score (nSPS) is 24.7. The van der Waals surface area contributed by atoms with Crippen LogP contribution in [0.1, 0.15) is 52.1 Å². The van der Waals surface area contributed by atoms with Gasteiger partial charge in [-0.25, -0.2) is 4.79 Å². The van der Waals surface area contributed by atoms with Gasteiger partial charge in [0.25, 0.3) is 5.56 Å². The van der Waals surface area contributed by atoms with Crippen LogP contribution >= 0.6 is 0 Å². The van der Waals surface area contributed by atoms with Gasteiger partial charge in [0.1, 0.15) is 35.8 Å². The molecule has 1 aromatic carbocycles. The minimum atomic E-state index is -2.10. The summed E-state index contributed by atoms with van der Waals surface area (Å²) in [6, 6.07) is 10.2. The van der Waals surface area contributed by atoms with E-state index in [0.29, 0.717) is 5.75 Å². The molecule has 0 spiro atoms. The summed E-state index contributed by atoms with van der Waals surface area (Å²) < 4.78 is 32.6. The van der Waals surface area contributed by atoms with Gasteiger partial charge in [0.05, 0.1) is 20.3 Å². The van der Waals surface area contributed by atoms with E-state index in [0.717, 1.165) is 16.2 Å². The number of hydrogen-bond acceptors (Lipinski definition) is 8. The van der Waals surface area contributed by atoms with Crippen molar-refractivity contribution in [3.63, 3.8) is 0 Å². The predicted octanol–water partition coefficient (Wildman–Crippen LogP) is 3.38. The first-order valence-corrected chi connectivity index (χ1v) is 15.6. The van der Waals surface area contributed by atoms with Crippen LogP contribution in [-0.4, -0.2) is 55.3 Å². The van der Waals surface area contributed by atoms with Crippen LogP contribution in [0.4, 0.5) is 0 Å². The summed E-state index contributed by atoms with van der Waals surface area (Å²) in [6.45, 7) is 14.7. The lowest BCUT2D eigenvalue weighted by molar-refractivity contribution is -0.200. The first kappa shape index (κ1) is 28.3. The van der Waals surface area contributed by atoms with E-state index < -0.39 is 49.9 Å². The van der Waals surface area contributed by atoms with Crippen LogP contribution in [-0.2, 0) is 25.2 Å². The van der Waals surface area contributed by atoms with Crippen LogP contribution in [0.3, 0.4) is 0 Å². The molecule has 0 saturated carbocycles. The van der Waals surface area contributed by atoms with Gasteiger partial charge in [-0.15, -0.1) is 0 Å². The maximum atomic E-state index is 13.7. The van der Waals surface area contributed by atoms with Gasteiger partial charge in [-0.3, -0.25) is 13.9 Å². The van der Waals surface area contributed by atoms with E-state index in [1.807, 2.05) is 6.07 Å². The second-order valence-corrected chi connectivity index (χ2v) is 16.6. The standard InChI is InChI=1S/C27H37N3O7Si/c1-26(2,3)38(7,8)34-16-20-22-23(37-27(4,5)36-22)24(35-20)30-18(14-28)13-21(31)29(25(30)32)15-17-9-11-19(33-6)12-10-17/h9-13,20,22-24H,15-16H2,1-8H3/t20-,22-,23-,24-/m1/s1. The van der Waals surface area contributed by atoms with Gasteiger partial charge in [-0.05, 0) is 49.7 Å². The summed E-state index contributed by atoms with van der Waals surface area (Å²) in [4.78, 5) is 26.6. The van der Waals surface area contributed by atoms with Crippen LogP contribution in [0.15, 0.2) is 39.9 Å². The summed E-state index contributed by atoms with van der Waals surface area (Å²) in [5, 5.41) is 9.85. The van der Waals surface area contributed by atoms with Crippen LogP contribution < -0.4 is 16.0 Å². The van der Waals surface area contributed by atoms with E-state index in [9.17, 15) is 14.9 Å². The van der Waals surface area contributed by atoms with Crippen molar-refractivity contribution in [2.24, 2.45) is 0 Å². The highest BCUT2D eigenvalue weighted by atomic mass is 28.4. The first-order chi connectivity index (χ1) is 17.7. The highest BCUT2D eigenvalue weighted by Gasteiger charge is 2.57. The molecule has 0 bridgehead atoms. The molecule has 3 heterocycles. The van der Waals surface area contributed by atoms with E-state index in [4.69, 9.17) is 23.4 Å². The second kappa shape index (κ2) is 10.1. The largest absolute Gasteiger partial charge is 0.497 e. The van der Waals surface area contributed by atoms with Crippen LogP contribution in [0, 0.1) is 11.3 Å². The van der Waals surface area contributed by atoms with Gasteiger partial charge in [0.15, 0.2) is 20.3 Å². The summed E-state index contributed by atoms with van der Waals surface area (Å²) in [7, 11) is -0.536. The fourth-order valence-corrected chi connectivity index (χ4v) is 5.50. The molecule has 0 N–H and O–H groups in total. The van der Waals surface area contributed by atoms with E-state index in [2.05, 4.69) is 33.9 Å². The Kier molecular flexibility index (Phi) is 7.50. The Balaban J connectivity index is 1.71. The Bertz CT molecular complexity index is 1330. The van der Waals surface area contributed by atoms with Crippen LogP contribution in [0.2, 0.25) is 18.1 Å². The smallest absolute Gasteiger partial charge is 0.334 e. The Morgan fingerprint density at radius 2 is 1.74 bits per heavy atom. The molecule has 0 amide bonds. The molecule has 10 nitrogen and oxygen atoms in total. The van der Waals surface area contributed by atoms with Crippen molar-refractivity contribution >= 4 is 8.32 Å². The van der Waals surface area contributed by atoms with Gasteiger partial charge >= 0.3 is 5.69 Å². The molecule has 2 aliphatic heterocycles. The molecule has 2 fully saturated rings. The number of hydrogen-bond donors (Lipinski definition) is 0. The Labute approximate surface area is 223 Å². The third-order valence-corrected chi connectivity index (χ3v) is 12.1. The number of rotatable bonds is 7. The number of ether oxygens (including phenoxy) is 4. The summed E-state index contributed by atoms with van der Waals surface area (Å²) in [5.41, 5.74) is -0.606. The topological polar surface area (TPSA) is 114 Å². The zero-order chi connectivity index (χ0) is 28.0. The predicted molar refractivity (Wildman–Crippen MR) is 143 cm³/mol. The monoisotopic (exact) mass is 543 g/mol. The maximum Gasteiger partial charge on any atom is 0.334 e. The van der Waals surface area contributed by atoms with E-state index in [-0.39, 0.29) is 23.9 Å². The van der Waals surface area contributed by atoms with Crippen molar-refractivity contribution in [2.45, 2.75) is 89.6 Å². The number of methoxy groups -OCH3 is 1. The van der Waals surface area contributed by atoms with Gasteiger partial charge in [-0.1, -0.05) is 32.9 Å². The molecule has 2 saturated heterocycles. The minimum Gasteiger partial charge on any atom is -0.497 e. The van der Waals surface area contributed by atoms with Gasteiger partial charge < -0.3 is 23.4 Å². The highest BCUT2D eigenvalue weighted by molar-refractivity contribution is 6.74. The van der Waals surface area contributed by atoms with E-state index in [1.165, 1.54) is 4.57 Å². The van der Waals surface area contributed by atoms with Gasteiger partial charge in [-0.2, -0.15) is 5.26 Å². The molecular formula is C27H37N3O7Si. The molecule has 0 radical (unpaired) electrons. The maximum absolute atomic E-state index is 13.7. The van der Waals surface area contributed by atoms with Crippen molar-refractivity contribution in [1.29, 1.82) is 5.26 Å².